The number of nitrogens with zero attached hydrogens (tertiary/aromatic N) is 1. The SMILES string of the molecule is NC(=O)CCC/N=C(/c1ccc(Cl)cc1)c1cc(F)ccc1O. The number of aromatic hydroxyl groups is 1. The van der Waals surface area contributed by atoms with Crippen molar-refractivity contribution in [1.29, 1.82) is 0 Å². The van der Waals surface area contributed by atoms with E-state index in [0.717, 1.165) is 0 Å². The second kappa shape index (κ2) is 7.74. The lowest BCUT2D eigenvalue weighted by Gasteiger charge is -2.10. The summed E-state index contributed by atoms with van der Waals surface area (Å²) in [5, 5.41) is 10.6. The van der Waals surface area contributed by atoms with E-state index in [1.807, 2.05) is 0 Å². The minimum Gasteiger partial charge on any atom is -0.507 e. The van der Waals surface area contributed by atoms with Gasteiger partial charge in [0.15, 0.2) is 0 Å². The summed E-state index contributed by atoms with van der Waals surface area (Å²) in [6, 6.07) is 10.5. The molecule has 6 heteroatoms. The lowest BCUT2D eigenvalue weighted by Crippen LogP contribution is -2.11. The van der Waals surface area contributed by atoms with Gasteiger partial charge >= 0.3 is 0 Å². The van der Waals surface area contributed by atoms with E-state index in [9.17, 15) is 14.3 Å². The van der Waals surface area contributed by atoms with Crippen LogP contribution < -0.4 is 5.73 Å². The highest BCUT2D eigenvalue weighted by molar-refractivity contribution is 6.30. The van der Waals surface area contributed by atoms with Gasteiger partial charge in [0.1, 0.15) is 11.6 Å². The van der Waals surface area contributed by atoms with Crippen molar-refractivity contribution < 1.29 is 14.3 Å². The normalized spacial score (nSPS) is 11.5. The molecule has 2 aromatic carbocycles. The Morgan fingerprint density at radius 1 is 1.22 bits per heavy atom. The van der Waals surface area contributed by atoms with Crippen molar-refractivity contribution in [2.75, 3.05) is 6.54 Å². The first-order valence-electron chi connectivity index (χ1n) is 7.05. The topological polar surface area (TPSA) is 75.7 Å². The number of aliphatic imine (C=N–C) groups is 1. The third-order valence-electron chi connectivity index (χ3n) is 3.18. The standard InChI is InChI=1S/C17H16ClFN2O2/c18-12-5-3-11(4-6-12)17(21-9-1-2-16(20)23)14-10-13(19)7-8-15(14)22/h3-8,10,22H,1-2,9H2,(H2,20,23)/b21-17-. The molecule has 0 spiro atoms. The van der Waals surface area contributed by atoms with Crippen LogP contribution in [0.1, 0.15) is 24.0 Å². The van der Waals surface area contributed by atoms with Gasteiger partial charge in [-0.25, -0.2) is 4.39 Å². The van der Waals surface area contributed by atoms with E-state index < -0.39 is 11.7 Å². The third kappa shape index (κ3) is 4.79. The molecule has 0 fully saturated rings. The van der Waals surface area contributed by atoms with Crippen molar-refractivity contribution in [2.45, 2.75) is 12.8 Å². The zero-order valence-electron chi connectivity index (χ0n) is 12.3. The Balaban J connectivity index is 2.38. The maximum atomic E-state index is 13.5. The quantitative estimate of drug-likeness (QED) is 0.628. The molecule has 2 rings (SSSR count). The molecule has 0 heterocycles. The molecular formula is C17H16ClFN2O2. The summed E-state index contributed by atoms with van der Waals surface area (Å²) in [6.45, 7) is 0.330. The second-order valence-corrected chi connectivity index (χ2v) is 5.40. The smallest absolute Gasteiger partial charge is 0.217 e. The van der Waals surface area contributed by atoms with E-state index in [1.54, 1.807) is 24.3 Å². The average molecular weight is 335 g/mol. The number of phenols is 1. The molecule has 0 saturated heterocycles. The molecule has 2 aromatic rings. The summed E-state index contributed by atoms with van der Waals surface area (Å²) >= 11 is 5.88. The first-order chi connectivity index (χ1) is 11.0. The number of hydrogen-bond acceptors (Lipinski definition) is 3. The number of benzene rings is 2. The van der Waals surface area contributed by atoms with Gasteiger partial charge in [0.25, 0.3) is 0 Å². The highest BCUT2D eigenvalue weighted by Crippen LogP contribution is 2.23. The Labute approximate surface area is 138 Å². The maximum Gasteiger partial charge on any atom is 0.217 e. The van der Waals surface area contributed by atoms with E-state index in [2.05, 4.69) is 4.99 Å². The molecule has 120 valence electrons. The zero-order chi connectivity index (χ0) is 16.8. The Hall–Kier alpha value is -2.40. The summed E-state index contributed by atoms with van der Waals surface area (Å²) < 4.78 is 13.5. The van der Waals surface area contributed by atoms with Crippen LogP contribution in [-0.4, -0.2) is 23.3 Å². The molecular weight excluding hydrogens is 319 g/mol. The summed E-state index contributed by atoms with van der Waals surface area (Å²) in [5.74, 6) is -0.951. The molecule has 0 unspecified atom stereocenters. The Bertz CT molecular complexity index is 730. The molecule has 0 radical (unpaired) electrons. The van der Waals surface area contributed by atoms with E-state index in [0.29, 0.717) is 29.3 Å². The largest absolute Gasteiger partial charge is 0.507 e. The summed E-state index contributed by atoms with van der Waals surface area (Å²) in [7, 11) is 0. The van der Waals surface area contributed by atoms with Crippen LogP contribution in [0.25, 0.3) is 0 Å². The van der Waals surface area contributed by atoms with E-state index in [4.69, 9.17) is 17.3 Å². The average Bonchev–Trinajstić information content (AvgIpc) is 2.51. The Kier molecular flexibility index (Phi) is 5.71. The van der Waals surface area contributed by atoms with Crippen LogP contribution in [0.2, 0.25) is 5.02 Å². The van der Waals surface area contributed by atoms with Gasteiger partial charge in [-0.05, 0) is 36.8 Å². The Morgan fingerprint density at radius 3 is 2.57 bits per heavy atom. The van der Waals surface area contributed by atoms with Gasteiger partial charge < -0.3 is 10.8 Å². The number of primary amides is 1. The molecule has 0 aromatic heterocycles. The van der Waals surface area contributed by atoms with Gasteiger partial charge in [0, 0.05) is 29.1 Å². The molecule has 0 saturated carbocycles. The summed E-state index contributed by atoms with van der Waals surface area (Å²) in [6.07, 6.45) is 0.690. The van der Waals surface area contributed by atoms with Crippen molar-refractivity contribution >= 4 is 23.2 Å². The predicted molar refractivity (Wildman–Crippen MR) is 88.5 cm³/mol. The van der Waals surface area contributed by atoms with Crippen LogP contribution in [0.3, 0.4) is 0 Å². The zero-order valence-corrected chi connectivity index (χ0v) is 13.1. The van der Waals surface area contributed by atoms with Crippen molar-refractivity contribution in [3.8, 4) is 5.75 Å². The fourth-order valence-corrected chi connectivity index (χ4v) is 2.21. The van der Waals surface area contributed by atoms with Crippen molar-refractivity contribution in [3.05, 3.63) is 64.4 Å². The summed E-state index contributed by atoms with van der Waals surface area (Å²) in [5.41, 5.74) is 6.51. The fourth-order valence-electron chi connectivity index (χ4n) is 2.08. The summed E-state index contributed by atoms with van der Waals surface area (Å²) in [4.78, 5) is 15.2. The van der Waals surface area contributed by atoms with Gasteiger partial charge in [-0.3, -0.25) is 9.79 Å². The predicted octanol–water partition coefficient (Wildman–Crippen LogP) is 3.29. The molecule has 1 amide bonds. The van der Waals surface area contributed by atoms with Crippen LogP contribution >= 0.6 is 11.6 Å². The minimum absolute atomic E-state index is 0.0741. The number of nitrogens with two attached hydrogens (primary N) is 1. The highest BCUT2D eigenvalue weighted by atomic mass is 35.5. The fraction of sp³-hybridized carbons (Fsp3) is 0.176. The number of carbonyl (C=O) groups is 1. The third-order valence-corrected chi connectivity index (χ3v) is 3.43. The van der Waals surface area contributed by atoms with Gasteiger partial charge in [-0.2, -0.15) is 0 Å². The molecule has 4 nitrogen and oxygen atoms in total. The highest BCUT2D eigenvalue weighted by Gasteiger charge is 2.13. The maximum absolute atomic E-state index is 13.5. The molecule has 0 aliphatic carbocycles. The molecule has 0 aliphatic rings. The number of halogens is 2. The van der Waals surface area contributed by atoms with Crippen LogP contribution in [0.4, 0.5) is 4.39 Å². The van der Waals surface area contributed by atoms with Crippen LogP contribution in [0, 0.1) is 5.82 Å². The van der Waals surface area contributed by atoms with E-state index in [-0.39, 0.29) is 17.7 Å². The van der Waals surface area contributed by atoms with E-state index >= 15 is 0 Å². The lowest BCUT2D eigenvalue weighted by atomic mass is 10.0. The monoisotopic (exact) mass is 334 g/mol. The molecule has 0 atom stereocenters. The lowest BCUT2D eigenvalue weighted by molar-refractivity contribution is -0.118. The number of hydrogen-bond donors (Lipinski definition) is 2. The van der Waals surface area contributed by atoms with Gasteiger partial charge in [-0.1, -0.05) is 23.7 Å². The molecule has 0 bridgehead atoms. The van der Waals surface area contributed by atoms with Gasteiger partial charge in [0.2, 0.25) is 5.91 Å². The van der Waals surface area contributed by atoms with Crippen LogP contribution in [0.5, 0.6) is 5.75 Å². The second-order valence-electron chi connectivity index (χ2n) is 4.97. The Morgan fingerprint density at radius 2 is 1.91 bits per heavy atom. The number of rotatable bonds is 6. The van der Waals surface area contributed by atoms with Crippen molar-refractivity contribution in [2.24, 2.45) is 10.7 Å². The molecule has 23 heavy (non-hydrogen) atoms. The van der Waals surface area contributed by atoms with Crippen molar-refractivity contribution in [1.82, 2.24) is 0 Å². The first-order valence-corrected chi connectivity index (χ1v) is 7.43. The van der Waals surface area contributed by atoms with E-state index in [1.165, 1.54) is 18.2 Å². The first kappa shape index (κ1) is 17.0. The van der Waals surface area contributed by atoms with Gasteiger partial charge in [-0.15, -0.1) is 0 Å². The van der Waals surface area contributed by atoms with Gasteiger partial charge in [0.05, 0.1) is 5.71 Å². The van der Waals surface area contributed by atoms with Crippen LogP contribution in [0.15, 0.2) is 47.5 Å². The number of carbonyl (C=O) groups excluding carboxylic acids is 1. The molecule has 0 aliphatic heterocycles. The number of amides is 1. The minimum atomic E-state index is -0.475. The number of phenolic OH excluding ortho intramolecular Hbond substituents is 1. The molecule has 3 N–H and O–H groups in total. The van der Waals surface area contributed by atoms with Crippen LogP contribution in [-0.2, 0) is 4.79 Å². The van der Waals surface area contributed by atoms with Crippen molar-refractivity contribution in [3.63, 3.8) is 0 Å².